The largest absolute Gasteiger partial charge is 0.252 e. The molecule has 40 valence electrons. The van der Waals surface area contributed by atoms with Gasteiger partial charge >= 0.3 is 0 Å². The molecule has 0 radical (unpaired) electrons. The molecule has 0 saturated carbocycles. The lowest BCUT2D eigenvalue weighted by Crippen LogP contribution is -1.78. The van der Waals surface area contributed by atoms with Crippen LogP contribution in [0.25, 0.3) is 0 Å². The molecule has 0 amide bonds. The van der Waals surface area contributed by atoms with Crippen LogP contribution < -0.4 is 0 Å². The van der Waals surface area contributed by atoms with Crippen LogP contribution in [0.2, 0.25) is 0 Å². The normalized spacial score (nSPS) is 15.9. The van der Waals surface area contributed by atoms with Crippen molar-refractivity contribution >= 4 is 11.6 Å². The van der Waals surface area contributed by atoms with Gasteiger partial charge in [-0.25, -0.2) is 4.99 Å². The highest BCUT2D eigenvalue weighted by atomic mass is 14.7. The van der Waals surface area contributed by atoms with Gasteiger partial charge in [0, 0.05) is 17.8 Å². The van der Waals surface area contributed by atoms with Crippen molar-refractivity contribution in [1.82, 2.24) is 0 Å². The van der Waals surface area contributed by atoms with Gasteiger partial charge in [0.05, 0.1) is 6.20 Å². The first kappa shape index (κ1) is 5.01. The summed E-state index contributed by atoms with van der Waals surface area (Å²) in [5.74, 6) is 2.60. The van der Waals surface area contributed by atoms with Crippen LogP contribution in [0.1, 0.15) is 6.92 Å². The Kier molecular flexibility index (Phi) is 1.40. The van der Waals surface area contributed by atoms with Gasteiger partial charge in [0.15, 0.2) is 0 Å². The molecule has 0 aromatic rings. The summed E-state index contributed by atoms with van der Waals surface area (Å²) >= 11 is 0. The molecule has 0 atom stereocenters. The van der Waals surface area contributed by atoms with E-state index in [0.717, 1.165) is 5.71 Å². The van der Waals surface area contributed by atoms with Crippen molar-refractivity contribution < 1.29 is 0 Å². The molecule has 0 unspecified atom stereocenters. The quantitative estimate of drug-likeness (QED) is 0.442. The number of hydrogen-bond acceptors (Lipinski definition) is 2. The maximum absolute atomic E-state index is 3.92. The fourth-order valence-corrected chi connectivity index (χ4v) is 0.395. The van der Waals surface area contributed by atoms with Crippen LogP contribution in [0.5, 0.6) is 0 Å². The zero-order valence-electron chi connectivity index (χ0n) is 4.63. The zero-order chi connectivity index (χ0) is 5.82. The Morgan fingerprint density at radius 3 is 3.38 bits per heavy atom. The molecule has 2 heteroatoms. The Balaban J connectivity index is 2.90. The molecule has 0 aromatic heterocycles. The van der Waals surface area contributed by atoms with Crippen molar-refractivity contribution in [3.05, 3.63) is 18.5 Å². The van der Waals surface area contributed by atoms with Crippen LogP contribution >= 0.6 is 0 Å². The van der Waals surface area contributed by atoms with Crippen molar-refractivity contribution in [2.75, 3.05) is 0 Å². The van der Waals surface area contributed by atoms with Crippen LogP contribution in [-0.2, 0) is 0 Å². The lowest BCUT2D eigenvalue weighted by atomic mass is 10.4. The van der Waals surface area contributed by atoms with E-state index >= 15 is 0 Å². The summed E-state index contributed by atoms with van der Waals surface area (Å²) in [6.07, 6.45) is 5.05. The predicted molar refractivity (Wildman–Crippen MR) is 34.3 cm³/mol. The SMILES string of the molecule is CC1=NC=C=NC=C1. The van der Waals surface area contributed by atoms with Gasteiger partial charge < -0.3 is 0 Å². The van der Waals surface area contributed by atoms with E-state index in [4.69, 9.17) is 0 Å². The summed E-state index contributed by atoms with van der Waals surface area (Å²) < 4.78 is 0. The summed E-state index contributed by atoms with van der Waals surface area (Å²) in [7, 11) is 0. The second-order valence-electron chi connectivity index (χ2n) is 1.47. The molecule has 0 spiro atoms. The van der Waals surface area contributed by atoms with Crippen molar-refractivity contribution in [1.29, 1.82) is 0 Å². The Labute approximate surface area is 48.0 Å². The van der Waals surface area contributed by atoms with Crippen molar-refractivity contribution in [2.24, 2.45) is 9.98 Å². The number of nitrogens with zero attached hydrogens (tertiary/aromatic N) is 2. The third-order valence-electron chi connectivity index (χ3n) is 0.791. The smallest absolute Gasteiger partial charge is 0.0884 e. The van der Waals surface area contributed by atoms with Gasteiger partial charge in [-0.05, 0) is 13.0 Å². The summed E-state index contributed by atoms with van der Waals surface area (Å²) in [5, 5.41) is 0. The average molecular weight is 106 g/mol. The topological polar surface area (TPSA) is 24.7 Å². The molecule has 1 aliphatic heterocycles. The Morgan fingerprint density at radius 1 is 1.62 bits per heavy atom. The maximum Gasteiger partial charge on any atom is 0.0884 e. The van der Waals surface area contributed by atoms with Crippen LogP contribution in [0.15, 0.2) is 28.5 Å². The summed E-state index contributed by atoms with van der Waals surface area (Å²) in [4.78, 5) is 7.64. The molecular formula is C6H6N2. The third-order valence-corrected chi connectivity index (χ3v) is 0.791. The van der Waals surface area contributed by atoms with Crippen LogP contribution in [0.3, 0.4) is 0 Å². The van der Waals surface area contributed by atoms with Crippen LogP contribution in [0.4, 0.5) is 0 Å². The number of allylic oxidation sites excluding steroid dienone is 1. The first-order valence-electron chi connectivity index (χ1n) is 2.37. The van der Waals surface area contributed by atoms with Crippen molar-refractivity contribution in [3.8, 4) is 0 Å². The minimum atomic E-state index is 0.957. The number of aliphatic imine (C=N–C) groups is 2. The molecule has 1 heterocycles. The predicted octanol–water partition coefficient (Wildman–Crippen LogP) is 1.16. The van der Waals surface area contributed by atoms with E-state index < -0.39 is 0 Å². The Morgan fingerprint density at radius 2 is 2.50 bits per heavy atom. The van der Waals surface area contributed by atoms with E-state index in [1.807, 2.05) is 13.0 Å². The molecule has 0 saturated heterocycles. The zero-order valence-corrected chi connectivity index (χ0v) is 4.63. The van der Waals surface area contributed by atoms with Gasteiger partial charge in [0.1, 0.15) is 0 Å². The highest BCUT2D eigenvalue weighted by Gasteiger charge is 1.78. The maximum atomic E-state index is 3.92. The molecule has 0 bridgehead atoms. The van der Waals surface area contributed by atoms with Crippen molar-refractivity contribution in [3.63, 3.8) is 0 Å². The van der Waals surface area contributed by atoms with Crippen LogP contribution in [0, 0.1) is 0 Å². The summed E-state index contributed by atoms with van der Waals surface area (Å²) in [5.41, 5.74) is 0.957. The van der Waals surface area contributed by atoms with E-state index in [1.54, 1.807) is 12.4 Å². The molecule has 1 rings (SSSR count). The van der Waals surface area contributed by atoms with E-state index in [2.05, 4.69) is 15.9 Å². The third kappa shape index (κ3) is 1.17. The molecule has 0 aliphatic carbocycles. The van der Waals surface area contributed by atoms with Gasteiger partial charge in [-0.1, -0.05) is 0 Å². The minimum Gasteiger partial charge on any atom is -0.252 e. The fourth-order valence-electron chi connectivity index (χ4n) is 0.395. The van der Waals surface area contributed by atoms with Gasteiger partial charge in [-0.2, -0.15) is 0 Å². The standard InChI is InChI=1S/C6H6N2/c1-6-2-3-7-4-5-8-6/h2-3,5H,1H3. The van der Waals surface area contributed by atoms with E-state index in [9.17, 15) is 0 Å². The van der Waals surface area contributed by atoms with Crippen LogP contribution in [-0.4, -0.2) is 11.6 Å². The molecule has 8 heavy (non-hydrogen) atoms. The minimum absolute atomic E-state index is 0.957. The molecular weight excluding hydrogens is 100 g/mol. The first-order valence-corrected chi connectivity index (χ1v) is 2.37. The monoisotopic (exact) mass is 106 g/mol. The second-order valence-corrected chi connectivity index (χ2v) is 1.47. The van der Waals surface area contributed by atoms with Gasteiger partial charge in [-0.15, -0.1) is 0 Å². The van der Waals surface area contributed by atoms with E-state index in [1.165, 1.54) is 0 Å². The summed E-state index contributed by atoms with van der Waals surface area (Å²) in [6.45, 7) is 1.91. The van der Waals surface area contributed by atoms with Crippen molar-refractivity contribution in [2.45, 2.75) is 6.92 Å². The molecule has 0 N–H and O–H groups in total. The molecule has 0 fully saturated rings. The molecule has 2 nitrogen and oxygen atoms in total. The second kappa shape index (κ2) is 2.24. The lowest BCUT2D eigenvalue weighted by Gasteiger charge is -1.78. The van der Waals surface area contributed by atoms with Gasteiger partial charge in [0.25, 0.3) is 0 Å². The Hall–Kier alpha value is -1.14. The van der Waals surface area contributed by atoms with E-state index in [0.29, 0.717) is 0 Å². The fraction of sp³-hybridized carbons (Fsp3) is 0.167. The first-order chi connectivity index (χ1) is 3.89. The summed E-state index contributed by atoms with van der Waals surface area (Å²) in [6, 6.07) is 0. The molecule has 0 aromatic carbocycles. The Bertz CT molecular complexity index is 193. The van der Waals surface area contributed by atoms with Gasteiger partial charge in [-0.3, -0.25) is 4.99 Å². The highest BCUT2D eigenvalue weighted by molar-refractivity contribution is 5.94. The lowest BCUT2D eigenvalue weighted by molar-refractivity contribution is 1.58. The van der Waals surface area contributed by atoms with E-state index in [-0.39, 0.29) is 0 Å². The average Bonchev–Trinajstić information content (AvgIpc) is 1.94. The van der Waals surface area contributed by atoms with Gasteiger partial charge in [0.2, 0.25) is 0 Å². The molecule has 1 aliphatic rings. The number of rotatable bonds is 0. The number of hydrogen-bond donors (Lipinski definition) is 0. The highest BCUT2D eigenvalue weighted by Crippen LogP contribution is 1.84.